The third kappa shape index (κ3) is 10.6. The van der Waals surface area contributed by atoms with E-state index in [0.717, 1.165) is 13.2 Å². The molecule has 4 unspecified atom stereocenters. The molecule has 124 valence electrons. The first-order valence-corrected chi connectivity index (χ1v) is 5.65. The van der Waals surface area contributed by atoms with Crippen molar-refractivity contribution in [3.63, 3.8) is 0 Å². The summed E-state index contributed by atoms with van der Waals surface area (Å²) >= 11 is 0. The number of azide groups is 1. The first-order valence-electron chi connectivity index (χ1n) is 5.65. The van der Waals surface area contributed by atoms with Crippen molar-refractivity contribution in [3.8, 4) is 0 Å². The van der Waals surface area contributed by atoms with Gasteiger partial charge < -0.3 is 30.5 Å². The quantitative estimate of drug-likeness (QED) is 0.142. The number of carbonyl (C=O) groups excluding carboxylic acids is 1. The van der Waals surface area contributed by atoms with Crippen LogP contribution in [0.1, 0.15) is 0 Å². The van der Waals surface area contributed by atoms with Crippen molar-refractivity contribution in [2.75, 3.05) is 13.7 Å². The molecule has 24 heavy (non-hydrogen) atoms. The van der Waals surface area contributed by atoms with E-state index in [2.05, 4.69) is 14.8 Å². The van der Waals surface area contributed by atoms with Gasteiger partial charge in [-0.25, -0.2) is 4.79 Å². The Hall–Kier alpha value is 3.93. The summed E-state index contributed by atoms with van der Waals surface area (Å²) in [7, 11) is 1.11. The summed E-state index contributed by atoms with van der Waals surface area (Å²) in [5.41, 5.74) is 16.3. The van der Waals surface area contributed by atoms with E-state index in [0.29, 0.717) is 0 Å². The molecule has 0 aromatic heterocycles. The van der Waals surface area contributed by atoms with Crippen molar-refractivity contribution in [2.24, 2.45) is 5.11 Å². The van der Waals surface area contributed by atoms with Crippen LogP contribution in [-0.4, -0.2) is 65.4 Å². The Balaban J connectivity index is -0.000000500. The van der Waals surface area contributed by atoms with Crippen LogP contribution in [0.15, 0.2) is 16.9 Å². The van der Waals surface area contributed by atoms with E-state index in [9.17, 15) is 15.0 Å². The van der Waals surface area contributed by atoms with E-state index in [1.807, 2.05) is 0 Å². The van der Waals surface area contributed by atoms with Crippen molar-refractivity contribution < 1.29 is 206 Å². The summed E-state index contributed by atoms with van der Waals surface area (Å²) in [6, 6.07) is -2.33. The van der Waals surface area contributed by atoms with Crippen LogP contribution in [0.5, 0.6) is 0 Å². The summed E-state index contributed by atoms with van der Waals surface area (Å²) in [5.74, 6) is -1.20. The number of hydrogen-bond donors (Lipinski definition) is 3. The van der Waals surface area contributed by atoms with Crippen LogP contribution in [0.2, 0.25) is 0 Å². The van der Waals surface area contributed by atoms with Gasteiger partial charge in [0.1, 0.15) is 18.3 Å². The standard InChI is InChI=1S/C10H15N4O6.4Ac/c1-19-10(18)6-2-4(13-14-12)7(11)9(20-6)8(17)5(16)3-15;;;;/h2,4-5,7-9,11,15-17H,3H2,1H3;;;;/q-1;;;;/t4?,5?,7?,8?,9-;;;;/m1..../s1. The second-order valence-corrected chi connectivity index (χ2v) is 4.07. The fourth-order valence-electron chi connectivity index (χ4n) is 1.70. The van der Waals surface area contributed by atoms with Gasteiger partial charge >= 0.3 is 5.97 Å². The smallest absolute Gasteiger partial charge is 0.372 e. The number of hydrogen-bond acceptors (Lipinski definition) is 7. The Labute approximate surface area is 282 Å². The van der Waals surface area contributed by atoms with Crippen LogP contribution in [0.4, 0.5) is 0 Å². The molecule has 0 aromatic rings. The van der Waals surface area contributed by atoms with Crippen molar-refractivity contribution in [1.29, 1.82) is 0 Å². The Morgan fingerprint density at radius 3 is 2.42 bits per heavy atom. The normalized spacial score (nSPS) is 23.7. The molecule has 4 N–H and O–H groups in total. The van der Waals surface area contributed by atoms with Crippen LogP contribution in [0.3, 0.4) is 0 Å². The largest absolute Gasteiger partial charge is 0.671 e. The molecule has 0 saturated heterocycles. The van der Waals surface area contributed by atoms with Gasteiger partial charge in [0.05, 0.1) is 13.7 Å². The minimum Gasteiger partial charge on any atom is -0.671 e. The van der Waals surface area contributed by atoms with Gasteiger partial charge in [0.25, 0.3) is 0 Å². The molecular formula is C10H15Ac4N4O6-. The van der Waals surface area contributed by atoms with Gasteiger partial charge in [0, 0.05) is 187 Å². The zero-order valence-corrected chi connectivity index (χ0v) is 31.9. The monoisotopic (exact) mass is 1200 g/mol. The van der Waals surface area contributed by atoms with Crippen LogP contribution < -0.4 is 0 Å². The third-order valence-electron chi connectivity index (χ3n) is 2.80. The predicted molar refractivity (Wildman–Crippen MR) is 65.1 cm³/mol. The van der Waals surface area contributed by atoms with Crippen molar-refractivity contribution in [1.82, 2.24) is 0 Å². The Morgan fingerprint density at radius 1 is 1.46 bits per heavy atom. The number of carbonyl (C=O) groups is 1. The van der Waals surface area contributed by atoms with E-state index >= 15 is 0 Å². The van der Waals surface area contributed by atoms with Gasteiger partial charge in [-0.05, 0) is 11.6 Å². The van der Waals surface area contributed by atoms with Crippen LogP contribution in [-0.2, 0) is 14.3 Å². The average Bonchev–Trinajstić information content (AvgIpc) is 2.47. The number of aliphatic hydroxyl groups is 3. The molecule has 0 amide bonds. The fraction of sp³-hybridized carbons (Fsp3) is 0.700. The summed E-state index contributed by atoms with van der Waals surface area (Å²) < 4.78 is 9.55. The number of nitrogens with zero attached hydrogens (tertiary/aromatic N) is 3. The molecular weight excluding hydrogens is 1180 g/mol. The Bertz CT molecular complexity index is 451. The minimum atomic E-state index is -1.63. The minimum absolute atomic E-state index is 0. The summed E-state index contributed by atoms with van der Waals surface area (Å²) in [6.07, 6.45) is -3.44. The molecule has 0 aliphatic carbocycles. The topological polar surface area (TPSA) is 169 Å². The Kier molecular flexibility index (Phi) is 27.9. The first-order chi connectivity index (χ1) is 9.46. The van der Waals surface area contributed by atoms with E-state index in [1.165, 1.54) is 0 Å². The summed E-state index contributed by atoms with van der Waals surface area (Å²) in [4.78, 5) is 14.0. The molecule has 10 nitrogen and oxygen atoms in total. The summed E-state index contributed by atoms with van der Waals surface area (Å²) in [6.45, 7) is -0.753. The number of aliphatic hydroxyl groups excluding tert-OH is 3. The number of nitrogens with one attached hydrogen (secondary N) is 1. The fourth-order valence-corrected chi connectivity index (χ4v) is 1.70. The van der Waals surface area contributed by atoms with Crippen LogP contribution >= 0.6 is 0 Å². The van der Waals surface area contributed by atoms with E-state index in [-0.39, 0.29) is 182 Å². The van der Waals surface area contributed by atoms with Crippen LogP contribution in [0.25, 0.3) is 16.2 Å². The molecule has 0 aromatic carbocycles. The Morgan fingerprint density at radius 2 is 2.00 bits per heavy atom. The first kappa shape index (κ1) is 35.4. The molecule has 0 saturated carbocycles. The molecule has 1 aliphatic rings. The zero-order valence-electron chi connectivity index (χ0n) is 12.9. The van der Waals surface area contributed by atoms with Gasteiger partial charge in [-0.15, -0.1) is 0 Å². The molecule has 1 heterocycles. The second kappa shape index (κ2) is 18.9. The molecule has 1 rings (SSSR count). The van der Waals surface area contributed by atoms with E-state index < -0.39 is 43.0 Å². The molecule has 1 aliphatic heterocycles. The van der Waals surface area contributed by atoms with E-state index in [1.54, 1.807) is 0 Å². The maximum absolute atomic E-state index is 11.4. The number of methoxy groups -OCH3 is 1. The van der Waals surface area contributed by atoms with Gasteiger partial charge in [0.2, 0.25) is 5.76 Å². The van der Waals surface area contributed by atoms with Crippen LogP contribution in [0, 0.1) is 176 Å². The van der Waals surface area contributed by atoms with Gasteiger partial charge in [-0.2, -0.15) is 0 Å². The number of esters is 1. The molecule has 14 heteroatoms. The van der Waals surface area contributed by atoms with E-state index in [4.69, 9.17) is 21.1 Å². The van der Waals surface area contributed by atoms with Gasteiger partial charge in [0.15, 0.2) is 0 Å². The van der Waals surface area contributed by atoms with Gasteiger partial charge in [-0.1, -0.05) is 11.2 Å². The average molecular weight is 1200 g/mol. The van der Waals surface area contributed by atoms with Gasteiger partial charge in [-0.3, -0.25) is 0 Å². The second-order valence-electron chi connectivity index (χ2n) is 4.07. The SMILES string of the molecule is COC(=O)C1=CC(N=[N+]=[N-])C([NH-])[C@H](C(O)C(O)CO)O1.[Ac].[Ac].[Ac].[Ac]. The molecule has 0 spiro atoms. The summed E-state index contributed by atoms with van der Waals surface area (Å²) in [5, 5.41) is 31.3. The zero-order chi connectivity index (χ0) is 15.3. The predicted octanol–water partition coefficient (Wildman–Crippen LogP) is -0.744. The van der Waals surface area contributed by atoms with Crippen molar-refractivity contribution in [2.45, 2.75) is 30.4 Å². The maximum Gasteiger partial charge on any atom is 0.372 e. The van der Waals surface area contributed by atoms with Crippen molar-refractivity contribution in [3.05, 3.63) is 28.0 Å². The number of rotatable bonds is 5. The molecule has 0 fully saturated rings. The number of ether oxygens (including phenoxy) is 2. The maximum atomic E-state index is 11.4. The molecule has 4 radical (unpaired) electrons. The molecule has 5 atom stereocenters. The molecule has 0 bridgehead atoms. The third-order valence-corrected chi connectivity index (χ3v) is 2.80. The van der Waals surface area contributed by atoms with Crippen molar-refractivity contribution >= 4 is 5.97 Å².